The van der Waals surface area contributed by atoms with Gasteiger partial charge in [-0.25, -0.2) is 8.42 Å². The maximum atomic E-state index is 12.1. The molecule has 0 radical (unpaired) electrons. The first-order valence-electron chi connectivity index (χ1n) is 6.75. The summed E-state index contributed by atoms with van der Waals surface area (Å²) in [4.78, 5) is 1.58. The zero-order valence-electron chi connectivity index (χ0n) is 12.2. The molecule has 0 saturated heterocycles. The van der Waals surface area contributed by atoms with Crippen LogP contribution in [0.5, 0.6) is 0 Å². The van der Waals surface area contributed by atoms with Gasteiger partial charge in [-0.05, 0) is 36.1 Å². The number of nitrogens with one attached hydrogen (secondary N) is 1. The maximum Gasteiger partial charge on any atom is 0.180 e. The first-order chi connectivity index (χ1) is 10.1. The van der Waals surface area contributed by atoms with Crippen molar-refractivity contribution in [3.8, 4) is 0 Å². The van der Waals surface area contributed by atoms with Crippen LogP contribution in [0.3, 0.4) is 0 Å². The molecule has 0 amide bonds. The van der Waals surface area contributed by atoms with Gasteiger partial charge in [0.05, 0.1) is 16.3 Å². The van der Waals surface area contributed by atoms with E-state index in [9.17, 15) is 8.42 Å². The Morgan fingerprint density at radius 2 is 1.71 bits per heavy atom. The minimum absolute atomic E-state index is 0.105. The van der Waals surface area contributed by atoms with E-state index < -0.39 is 9.84 Å². The summed E-state index contributed by atoms with van der Waals surface area (Å²) in [7, 11) is -3.21. The molecule has 3 nitrogen and oxygen atoms in total. The first kappa shape index (κ1) is 15.9. The molecule has 1 N–H and O–H groups in total. The van der Waals surface area contributed by atoms with Gasteiger partial charge in [-0.15, -0.1) is 11.8 Å². The summed E-state index contributed by atoms with van der Waals surface area (Å²) >= 11 is 1.70. The number of sulfone groups is 1. The fraction of sp³-hybridized carbons (Fsp3) is 0.250. The van der Waals surface area contributed by atoms with Crippen molar-refractivity contribution >= 4 is 27.3 Å². The van der Waals surface area contributed by atoms with Gasteiger partial charge in [0.2, 0.25) is 0 Å². The molecular formula is C16H19NO2S2. The maximum absolute atomic E-state index is 12.1. The van der Waals surface area contributed by atoms with Crippen LogP contribution in [-0.2, 0) is 16.4 Å². The lowest BCUT2D eigenvalue weighted by Gasteiger charge is -2.12. The molecular weight excluding hydrogens is 302 g/mol. The van der Waals surface area contributed by atoms with Gasteiger partial charge in [-0.3, -0.25) is 0 Å². The Labute approximate surface area is 130 Å². The highest BCUT2D eigenvalue weighted by Crippen LogP contribution is 2.23. The highest BCUT2D eigenvalue weighted by Gasteiger charge is 2.15. The van der Waals surface area contributed by atoms with Gasteiger partial charge < -0.3 is 5.32 Å². The summed E-state index contributed by atoms with van der Waals surface area (Å²) in [5, 5.41) is 3.22. The average Bonchev–Trinajstić information content (AvgIpc) is 2.53. The molecule has 2 aromatic rings. The monoisotopic (exact) mass is 321 g/mol. The fourth-order valence-electron chi connectivity index (χ4n) is 1.98. The number of thioether (sulfide) groups is 1. The Bertz CT molecular complexity index is 694. The standard InChI is InChI=1S/C16H19NO2S2/c1-3-21(18,19)16-7-5-4-6-15(16)17-12-13-8-10-14(20-2)11-9-13/h4-11,17H,3,12H2,1-2H3. The van der Waals surface area contributed by atoms with Crippen LogP contribution in [-0.4, -0.2) is 20.4 Å². The SMILES string of the molecule is CCS(=O)(=O)c1ccccc1NCc1ccc(SC)cc1. The van der Waals surface area contributed by atoms with E-state index in [-0.39, 0.29) is 5.75 Å². The van der Waals surface area contributed by atoms with Crippen molar-refractivity contribution in [2.45, 2.75) is 23.3 Å². The van der Waals surface area contributed by atoms with E-state index in [1.54, 1.807) is 36.9 Å². The lowest BCUT2D eigenvalue weighted by Crippen LogP contribution is -2.09. The minimum Gasteiger partial charge on any atom is -0.380 e. The Hall–Kier alpha value is -1.46. The zero-order chi connectivity index (χ0) is 15.3. The molecule has 0 aliphatic heterocycles. The summed E-state index contributed by atoms with van der Waals surface area (Å²) in [5.74, 6) is 0.105. The molecule has 0 aromatic heterocycles. The van der Waals surface area contributed by atoms with Gasteiger partial charge in [-0.2, -0.15) is 0 Å². The number of benzene rings is 2. The second-order valence-electron chi connectivity index (χ2n) is 4.60. The third-order valence-electron chi connectivity index (χ3n) is 3.24. The molecule has 2 rings (SSSR count). The van der Waals surface area contributed by atoms with Crippen molar-refractivity contribution in [3.05, 3.63) is 54.1 Å². The van der Waals surface area contributed by atoms with Crippen molar-refractivity contribution in [2.75, 3.05) is 17.3 Å². The van der Waals surface area contributed by atoms with E-state index in [4.69, 9.17) is 0 Å². The molecule has 0 atom stereocenters. The Kier molecular flexibility index (Phi) is 5.31. The minimum atomic E-state index is -3.21. The normalized spacial score (nSPS) is 11.3. The highest BCUT2D eigenvalue weighted by molar-refractivity contribution is 7.98. The lowest BCUT2D eigenvalue weighted by molar-refractivity contribution is 0.597. The quantitative estimate of drug-likeness (QED) is 0.822. The molecule has 21 heavy (non-hydrogen) atoms. The number of anilines is 1. The smallest absolute Gasteiger partial charge is 0.180 e. The van der Waals surface area contributed by atoms with E-state index >= 15 is 0 Å². The van der Waals surface area contributed by atoms with E-state index in [1.165, 1.54) is 4.90 Å². The largest absolute Gasteiger partial charge is 0.380 e. The molecule has 0 spiro atoms. The van der Waals surface area contributed by atoms with Crippen LogP contribution < -0.4 is 5.32 Å². The van der Waals surface area contributed by atoms with Crippen LogP contribution in [0.2, 0.25) is 0 Å². The van der Waals surface area contributed by atoms with Crippen molar-refractivity contribution in [2.24, 2.45) is 0 Å². The summed E-state index contributed by atoms with van der Waals surface area (Å²) < 4.78 is 24.1. The molecule has 5 heteroatoms. The molecule has 112 valence electrons. The molecule has 0 fully saturated rings. The molecule has 0 unspecified atom stereocenters. The number of hydrogen-bond donors (Lipinski definition) is 1. The van der Waals surface area contributed by atoms with Gasteiger partial charge >= 0.3 is 0 Å². The number of para-hydroxylation sites is 1. The third kappa shape index (κ3) is 4.02. The molecule has 0 aliphatic rings. The fourth-order valence-corrected chi connectivity index (χ4v) is 3.46. The third-order valence-corrected chi connectivity index (χ3v) is 5.77. The van der Waals surface area contributed by atoms with Crippen molar-refractivity contribution in [1.29, 1.82) is 0 Å². The molecule has 0 bridgehead atoms. The highest BCUT2D eigenvalue weighted by atomic mass is 32.2. The van der Waals surface area contributed by atoms with Crippen molar-refractivity contribution in [3.63, 3.8) is 0 Å². The number of hydrogen-bond acceptors (Lipinski definition) is 4. The second-order valence-corrected chi connectivity index (χ2v) is 7.73. The van der Waals surface area contributed by atoms with Crippen molar-refractivity contribution < 1.29 is 8.42 Å². The van der Waals surface area contributed by atoms with Crippen LogP contribution >= 0.6 is 11.8 Å². The van der Waals surface area contributed by atoms with Crippen LogP contribution in [0, 0.1) is 0 Å². The predicted molar refractivity (Wildman–Crippen MR) is 89.7 cm³/mol. The first-order valence-corrected chi connectivity index (χ1v) is 9.63. The Morgan fingerprint density at radius 1 is 1.05 bits per heavy atom. The van der Waals surface area contributed by atoms with Crippen molar-refractivity contribution in [1.82, 2.24) is 0 Å². The van der Waals surface area contributed by atoms with Gasteiger partial charge in [0, 0.05) is 11.4 Å². The molecule has 0 heterocycles. The van der Waals surface area contributed by atoms with Gasteiger partial charge in [0.15, 0.2) is 9.84 Å². The molecule has 0 saturated carbocycles. The topological polar surface area (TPSA) is 46.2 Å². The van der Waals surface area contributed by atoms with Gasteiger partial charge in [0.1, 0.15) is 0 Å². The number of rotatable bonds is 6. The molecule has 0 aliphatic carbocycles. The van der Waals surface area contributed by atoms with Gasteiger partial charge in [-0.1, -0.05) is 31.2 Å². The molecule has 2 aromatic carbocycles. The summed E-state index contributed by atoms with van der Waals surface area (Å²) in [6.45, 7) is 2.26. The lowest BCUT2D eigenvalue weighted by atomic mass is 10.2. The second kappa shape index (κ2) is 7.00. The van der Waals surface area contributed by atoms with Crippen LogP contribution in [0.25, 0.3) is 0 Å². The van der Waals surface area contributed by atoms with Crippen LogP contribution in [0.15, 0.2) is 58.3 Å². The van der Waals surface area contributed by atoms with E-state index in [1.807, 2.05) is 12.3 Å². The van der Waals surface area contributed by atoms with E-state index in [2.05, 4.69) is 29.6 Å². The average molecular weight is 321 g/mol. The van der Waals surface area contributed by atoms with Gasteiger partial charge in [0.25, 0.3) is 0 Å². The summed E-state index contributed by atoms with van der Waals surface area (Å²) in [6, 6.07) is 15.3. The Morgan fingerprint density at radius 3 is 2.33 bits per heavy atom. The summed E-state index contributed by atoms with van der Waals surface area (Å²) in [6.07, 6.45) is 2.04. The zero-order valence-corrected chi connectivity index (χ0v) is 13.8. The van der Waals surface area contributed by atoms with Crippen LogP contribution in [0.1, 0.15) is 12.5 Å². The predicted octanol–water partition coefficient (Wildman–Crippen LogP) is 3.81. The van der Waals surface area contributed by atoms with E-state index in [0.717, 1.165) is 5.56 Å². The van der Waals surface area contributed by atoms with E-state index in [0.29, 0.717) is 17.1 Å². The summed E-state index contributed by atoms with van der Waals surface area (Å²) in [5.41, 5.74) is 1.78. The van der Waals surface area contributed by atoms with Crippen LogP contribution in [0.4, 0.5) is 5.69 Å². The Balaban J connectivity index is 2.16.